The molecule has 0 amide bonds. The molecule has 5 rings (SSSR count). The summed E-state index contributed by atoms with van der Waals surface area (Å²) in [7, 11) is 0. The van der Waals surface area contributed by atoms with Gasteiger partial charge in [0.05, 0.1) is 0 Å². The highest BCUT2D eigenvalue weighted by Crippen LogP contribution is 2.50. The number of fused-ring (bicyclic) bond motifs is 3. The van der Waals surface area contributed by atoms with E-state index in [0.717, 1.165) is 23.4 Å². The van der Waals surface area contributed by atoms with Crippen molar-refractivity contribution in [3.8, 4) is 0 Å². The molecule has 1 aliphatic carbocycles. The fourth-order valence-corrected chi connectivity index (χ4v) is 5.15. The first-order chi connectivity index (χ1) is 13.4. The van der Waals surface area contributed by atoms with Gasteiger partial charge in [-0.15, -0.1) is 0 Å². The van der Waals surface area contributed by atoms with Gasteiger partial charge in [0.1, 0.15) is 0 Å². The van der Waals surface area contributed by atoms with E-state index >= 15 is 0 Å². The van der Waals surface area contributed by atoms with Gasteiger partial charge in [-0.3, -0.25) is 4.79 Å². The van der Waals surface area contributed by atoms with Crippen molar-refractivity contribution in [3.63, 3.8) is 0 Å². The molecule has 3 heteroatoms. The van der Waals surface area contributed by atoms with Gasteiger partial charge in [-0.1, -0.05) is 56.3 Å². The van der Waals surface area contributed by atoms with Crippen molar-refractivity contribution in [2.45, 2.75) is 32.6 Å². The van der Waals surface area contributed by atoms with Gasteiger partial charge in [0, 0.05) is 32.9 Å². The summed E-state index contributed by atoms with van der Waals surface area (Å²) in [4.78, 5) is 13.3. The molecule has 1 atom stereocenters. The molecule has 1 aliphatic heterocycles. The van der Waals surface area contributed by atoms with Gasteiger partial charge < -0.3 is 5.32 Å². The zero-order chi connectivity index (χ0) is 19.5. The quantitative estimate of drug-likeness (QED) is 0.397. The van der Waals surface area contributed by atoms with E-state index in [0.29, 0.717) is 6.42 Å². The number of Topliss-reactive ketones (excluding diaryl/α,β-unsaturated/α-hetero) is 1. The Balaban J connectivity index is 1.81. The fourth-order valence-electron chi connectivity index (χ4n) is 4.79. The Kier molecular flexibility index (Phi) is 4.13. The smallest absolute Gasteiger partial charge is 0.162 e. The van der Waals surface area contributed by atoms with Crippen LogP contribution in [0.3, 0.4) is 0 Å². The van der Waals surface area contributed by atoms with E-state index in [4.69, 9.17) is 0 Å². The van der Waals surface area contributed by atoms with E-state index in [9.17, 15) is 4.79 Å². The van der Waals surface area contributed by atoms with Crippen LogP contribution in [0.15, 0.2) is 71.9 Å². The number of carbonyl (C=O) groups excluding carboxylic acids is 1. The lowest BCUT2D eigenvalue weighted by Crippen LogP contribution is -2.33. The van der Waals surface area contributed by atoms with E-state index in [-0.39, 0.29) is 17.1 Å². The molecule has 0 radical (unpaired) electrons. The Morgan fingerprint density at radius 3 is 2.50 bits per heavy atom. The van der Waals surface area contributed by atoms with Crippen LogP contribution in [-0.2, 0) is 4.79 Å². The minimum atomic E-state index is -0.0158. The highest BCUT2D eigenvalue weighted by molar-refractivity contribution is 14.1. The summed E-state index contributed by atoms with van der Waals surface area (Å²) < 4.78 is 1.21. The van der Waals surface area contributed by atoms with Crippen LogP contribution in [0, 0.1) is 8.99 Å². The Bertz CT molecular complexity index is 1140. The Morgan fingerprint density at radius 1 is 0.964 bits per heavy atom. The minimum absolute atomic E-state index is 0.00607. The Morgan fingerprint density at radius 2 is 1.71 bits per heavy atom. The molecule has 0 bridgehead atoms. The predicted molar refractivity (Wildman–Crippen MR) is 124 cm³/mol. The van der Waals surface area contributed by atoms with E-state index < -0.39 is 0 Å². The SMILES string of the molecule is CC1(C)CC(=O)C2=C(C1)Nc1ccc3ccccc3c1C2c1ccc(I)cc1. The van der Waals surface area contributed by atoms with Crippen LogP contribution in [0.25, 0.3) is 10.8 Å². The van der Waals surface area contributed by atoms with Crippen molar-refractivity contribution < 1.29 is 4.79 Å². The van der Waals surface area contributed by atoms with Crippen molar-refractivity contribution in [1.29, 1.82) is 0 Å². The maximum Gasteiger partial charge on any atom is 0.162 e. The molecule has 0 saturated heterocycles. The van der Waals surface area contributed by atoms with Gasteiger partial charge >= 0.3 is 0 Å². The molecule has 1 heterocycles. The van der Waals surface area contributed by atoms with Gasteiger partial charge in [0.15, 0.2) is 5.78 Å². The first-order valence-electron chi connectivity index (χ1n) is 9.73. The highest BCUT2D eigenvalue weighted by atomic mass is 127. The maximum absolute atomic E-state index is 13.3. The molecule has 0 aromatic heterocycles. The van der Waals surface area contributed by atoms with Crippen LogP contribution < -0.4 is 5.32 Å². The molecule has 1 N–H and O–H groups in total. The lowest BCUT2D eigenvalue weighted by atomic mass is 9.68. The standard InChI is InChI=1S/C25H22INO/c1-25(2)13-20-24(21(28)14-25)22(16-7-10-17(26)11-8-16)23-18-6-4-3-5-15(18)9-12-19(23)27-20/h3-12,22,27H,13-14H2,1-2H3. The van der Waals surface area contributed by atoms with E-state index in [2.05, 4.69) is 102 Å². The summed E-state index contributed by atoms with van der Waals surface area (Å²) in [5.41, 5.74) is 5.61. The van der Waals surface area contributed by atoms with Crippen molar-refractivity contribution in [2.24, 2.45) is 5.41 Å². The lowest BCUT2D eigenvalue weighted by Gasteiger charge is -2.40. The number of hydrogen-bond acceptors (Lipinski definition) is 2. The van der Waals surface area contributed by atoms with Gasteiger partial charge in [0.25, 0.3) is 0 Å². The zero-order valence-electron chi connectivity index (χ0n) is 16.1. The van der Waals surface area contributed by atoms with Crippen LogP contribution in [0.4, 0.5) is 5.69 Å². The van der Waals surface area contributed by atoms with Crippen LogP contribution in [0.1, 0.15) is 43.7 Å². The summed E-state index contributed by atoms with van der Waals surface area (Å²) in [6.45, 7) is 4.37. The normalized spacial score (nSPS) is 20.5. The van der Waals surface area contributed by atoms with Gasteiger partial charge in [0.2, 0.25) is 0 Å². The largest absolute Gasteiger partial charge is 0.358 e. The molecule has 1 unspecified atom stereocenters. The molecule has 3 aromatic rings. The number of nitrogens with one attached hydrogen (secondary N) is 1. The molecular weight excluding hydrogens is 457 g/mol. The summed E-state index contributed by atoms with van der Waals surface area (Å²) in [5.74, 6) is 0.263. The number of benzene rings is 3. The minimum Gasteiger partial charge on any atom is -0.358 e. The molecule has 3 aromatic carbocycles. The van der Waals surface area contributed by atoms with E-state index in [1.807, 2.05) is 0 Å². The monoisotopic (exact) mass is 479 g/mol. The topological polar surface area (TPSA) is 29.1 Å². The average Bonchev–Trinajstić information content (AvgIpc) is 2.66. The second-order valence-electron chi connectivity index (χ2n) is 8.69. The van der Waals surface area contributed by atoms with Gasteiger partial charge in [-0.05, 0) is 74.5 Å². The number of ketones is 1. The summed E-state index contributed by atoms with van der Waals surface area (Å²) in [6.07, 6.45) is 1.51. The van der Waals surface area contributed by atoms with Gasteiger partial charge in [-0.25, -0.2) is 0 Å². The molecule has 2 nitrogen and oxygen atoms in total. The van der Waals surface area contributed by atoms with Crippen molar-refractivity contribution in [2.75, 3.05) is 5.32 Å². The molecule has 0 spiro atoms. The number of halogens is 1. The molecule has 28 heavy (non-hydrogen) atoms. The Labute approximate surface area is 179 Å². The number of allylic oxidation sites excluding steroid dienone is 2. The fraction of sp³-hybridized carbons (Fsp3) is 0.240. The number of carbonyl (C=O) groups is 1. The molecule has 0 saturated carbocycles. The lowest BCUT2D eigenvalue weighted by molar-refractivity contribution is -0.118. The van der Waals surface area contributed by atoms with Crippen molar-refractivity contribution in [1.82, 2.24) is 0 Å². The van der Waals surface area contributed by atoms with Crippen molar-refractivity contribution >= 4 is 44.8 Å². The maximum atomic E-state index is 13.3. The van der Waals surface area contributed by atoms with Crippen LogP contribution in [-0.4, -0.2) is 5.78 Å². The predicted octanol–water partition coefficient (Wildman–Crippen LogP) is 6.65. The third kappa shape index (κ3) is 2.87. The first kappa shape index (κ1) is 17.9. The van der Waals surface area contributed by atoms with Crippen LogP contribution in [0.5, 0.6) is 0 Å². The number of anilines is 1. The third-order valence-electron chi connectivity index (χ3n) is 5.96. The van der Waals surface area contributed by atoms with Gasteiger partial charge in [-0.2, -0.15) is 0 Å². The molecule has 0 fully saturated rings. The number of hydrogen-bond donors (Lipinski definition) is 1. The molecular formula is C25H22INO. The Hall–Kier alpha value is -2.14. The second-order valence-corrected chi connectivity index (χ2v) is 9.94. The molecule has 2 aliphatic rings. The van der Waals surface area contributed by atoms with Crippen molar-refractivity contribution in [3.05, 3.63) is 86.6 Å². The third-order valence-corrected chi connectivity index (χ3v) is 6.68. The summed E-state index contributed by atoms with van der Waals surface area (Å²) in [6, 6.07) is 21.5. The molecule has 140 valence electrons. The zero-order valence-corrected chi connectivity index (χ0v) is 18.2. The van der Waals surface area contributed by atoms with Crippen LogP contribution >= 0.6 is 22.6 Å². The summed E-state index contributed by atoms with van der Waals surface area (Å²) in [5, 5.41) is 6.08. The van der Waals surface area contributed by atoms with E-state index in [1.165, 1.54) is 25.5 Å². The van der Waals surface area contributed by atoms with Crippen LogP contribution in [0.2, 0.25) is 0 Å². The average molecular weight is 479 g/mol. The number of rotatable bonds is 1. The summed E-state index contributed by atoms with van der Waals surface area (Å²) >= 11 is 2.34. The van der Waals surface area contributed by atoms with E-state index in [1.54, 1.807) is 0 Å². The second kappa shape index (κ2) is 6.45. The first-order valence-corrected chi connectivity index (χ1v) is 10.8. The highest BCUT2D eigenvalue weighted by Gasteiger charge is 2.41.